The third-order valence-electron chi connectivity index (χ3n) is 5.22. The van der Waals surface area contributed by atoms with Crippen molar-refractivity contribution in [2.45, 2.75) is 33.1 Å². The van der Waals surface area contributed by atoms with Crippen LogP contribution in [0.2, 0.25) is 0 Å². The van der Waals surface area contributed by atoms with Crippen molar-refractivity contribution in [3.05, 3.63) is 30.1 Å². The average Bonchev–Trinajstić information content (AvgIpc) is 3.05. The van der Waals surface area contributed by atoms with Crippen LogP contribution in [0.1, 0.15) is 43.5 Å². The zero-order valence-electron chi connectivity index (χ0n) is 12.7. The van der Waals surface area contributed by atoms with Crippen molar-refractivity contribution in [1.29, 1.82) is 0 Å². The molecule has 2 unspecified atom stereocenters. The molecule has 1 aromatic rings. The first-order valence-electron chi connectivity index (χ1n) is 7.44. The number of carbonyl (C=O) groups excluding carboxylic acids is 3. The quantitative estimate of drug-likeness (QED) is 0.635. The Hall–Kier alpha value is -2.24. The second kappa shape index (κ2) is 4.90. The van der Waals surface area contributed by atoms with E-state index in [1.54, 1.807) is 12.1 Å². The molecule has 1 heterocycles. The molecular formula is C16H19N3O3. The molecular weight excluding hydrogens is 282 g/mol. The van der Waals surface area contributed by atoms with E-state index in [-0.39, 0.29) is 11.7 Å². The lowest BCUT2D eigenvalue weighted by molar-refractivity contribution is -0.145. The van der Waals surface area contributed by atoms with Gasteiger partial charge in [-0.05, 0) is 37.3 Å². The summed E-state index contributed by atoms with van der Waals surface area (Å²) < 4.78 is 0. The Kier molecular flexibility index (Phi) is 3.27. The number of nitrogens with one attached hydrogen (secondary N) is 2. The Morgan fingerprint density at radius 1 is 1.23 bits per heavy atom. The lowest BCUT2D eigenvalue weighted by atomic mass is 9.70. The minimum absolute atomic E-state index is 0.00749. The molecule has 2 aliphatic rings. The summed E-state index contributed by atoms with van der Waals surface area (Å²) in [5, 5.41) is 0. The second-order valence-electron chi connectivity index (χ2n) is 6.72. The van der Waals surface area contributed by atoms with E-state index < -0.39 is 22.6 Å². The largest absolute Gasteiger partial charge is 0.298 e. The van der Waals surface area contributed by atoms with Crippen LogP contribution in [0.15, 0.2) is 24.5 Å². The van der Waals surface area contributed by atoms with Crippen molar-refractivity contribution < 1.29 is 14.4 Å². The third-order valence-corrected chi connectivity index (χ3v) is 5.22. The zero-order chi connectivity index (χ0) is 16.0. The van der Waals surface area contributed by atoms with Crippen molar-refractivity contribution in [2.75, 3.05) is 0 Å². The van der Waals surface area contributed by atoms with Gasteiger partial charge in [-0.25, -0.2) is 0 Å². The number of ketones is 1. The summed E-state index contributed by atoms with van der Waals surface area (Å²) in [5.41, 5.74) is 3.78. The third kappa shape index (κ3) is 2.01. The maximum atomic E-state index is 12.6. The Balaban J connectivity index is 1.68. The van der Waals surface area contributed by atoms with Crippen molar-refractivity contribution >= 4 is 17.6 Å². The molecule has 6 heteroatoms. The van der Waals surface area contributed by atoms with Crippen LogP contribution in [0.5, 0.6) is 0 Å². The van der Waals surface area contributed by atoms with E-state index in [0.717, 1.165) is 6.42 Å². The topological polar surface area (TPSA) is 88.2 Å². The van der Waals surface area contributed by atoms with Gasteiger partial charge < -0.3 is 0 Å². The SMILES string of the molecule is CC1(C)C(=O)C2(C(=O)NNC(=O)c3ccncc3)CCC1C2. The van der Waals surface area contributed by atoms with E-state index in [4.69, 9.17) is 0 Å². The summed E-state index contributed by atoms with van der Waals surface area (Å²) in [4.78, 5) is 40.9. The fourth-order valence-corrected chi connectivity index (χ4v) is 3.79. The van der Waals surface area contributed by atoms with Gasteiger partial charge in [-0.1, -0.05) is 13.8 Å². The summed E-state index contributed by atoms with van der Waals surface area (Å²) in [7, 11) is 0. The Labute approximate surface area is 128 Å². The fraction of sp³-hybridized carbons (Fsp3) is 0.500. The van der Waals surface area contributed by atoms with Crippen molar-refractivity contribution in [2.24, 2.45) is 16.7 Å². The minimum atomic E-state index is -0.973. The number of rotatable bonds is 2. The van der Waals surface area contributed by atoms with Crippen LogP contribution in [0.4, 0.5) is 0 Å². The molecule has 2 aliphatic carbocycles. The molecule has 0 saturated heterocycles. The first-order valence-corrected chi connectivity index (χ1v) is 7.44. The Morgan fingerprint density at radius 2 is 1.91 bits per heavy atom. The average molecular weight is 301 g/mol. The normalized spacial score (nSPS) is 28.5. The highest BCUT2D eigenvalue weighted by Gasteiger charge is 2.65. The predicted octanol–water partition coefficient (Wildman–Crippen LogP) is 1.24. The molecule has 0 spiro atoms. The van der Waals surface area contributed by atoms with Gasteiger partial charge in [0.05, 0.1) is 0 Å². The summed E-state index contributed by atoms with van der Waals surface area (Å²) in [6.07, 6.45) is 5.02. The number of aromatic nitrogens is 1. The van der Waals surface area contributed by atoms with Crippen LogP contribution in [0.3, 0.4) is 0 Å². The standard InChI is InChI=1S/C16H19N3O3/c1-15(2)11-3-6-16(9-11,13(15)21)14(22)19-18-12(20)10-4-7-17-8-5-10/h4-5,7-8,11H,3,6,9H2,1-2H3,(H,18,20)(H,19,22). The van der Waals surface area contributed by atoms with Crippen LogP contribution in [-0.2, 0) is 9.59 Å². The smallest absolute Gasteiger partial charge is 0.269 e. The highest BCUT2D eigenvalue weighted by atomic mass is 16.2. The number of amides is 2. The fourth-order valence-electron chi connectivity index (χ4n) is 3.79. The molecule has 116 valence electrons. The van der Waals surface area contributed by atoms with Gasteiger partial charge in [0.15, 0.2) is 5.78 Å². The lowest BCUT2D eigenvalue weighted by Crippen LogP contribution is -2.52. The van der Waals surface area contributed by atoms with Crippen LogP contribution in [-0.4, -0.2) is 22.6 Å². The number of nitrogens with zero attached hydrogens (tertiary/aromatic N) is 1. The van der Waals surface area contributed by atoms with E-state index in [9.17, 15) is 14.4 Å². The number of fused-ring (bicyclic) bond motifs is 2. The number of pyridine rings is 1. The van der Waals surface area contributed by atoms with Crippen molar-refractivity contribution in [3.63, 3.8) is 0 Å². The molecule has 6 nitrogen and oxygen atoms in total. The van der Waals surface area contributed by atoms with Crippen molar-refractivity contribution in [1.82, 2.24) is 15.8 Å². The molecule has 2 fully saturated rings. The number of Topliss-reactive ketones (excluding diaryl/α,β-unsaturated/α-hetero) is 1. The second-order valence-corrected chi connectivity index (χ2v) is 6.72. The summed E-state index contributed by atoms with van der Waals surface area (Å²) >= 11 is 0. The van der Waals surface area contributed by atoms with E-state index in [0.29, 0.717) is 18.4 Å². The monoisotopic (exact) mass is 301 g/mol. The predicted molar refractivity (Wildman–Crippen MR) is 78.4 cm³/mol. The van der Waals surface area contributed by atoms with Gasteiger partial charge in [0, 0.05) is 23.4 Å². The van der Waals surface area contributed by atoms with Crippen LogP contribution in [0.25, 0.3) is 0 Å². The summed E-state index contributed by atoms with van der Waals surface area (Å²) in [5.74, 6) is -0.576. The minimum Gasteiger partial charge on any atom is -0.298 e. The molecule has 1 aromatic heterocycles. The van der Waals surface area contributed by atoms with Crippen LogP contribution >= 0.6 is 0 Å². The number of hydrogen-bond acceptors (Lipinski definition) is 4. The molecule has 2 atom stereocenters. The van der Waals surface area contributed by atoms with Gasteiger partial charge in [-0.3, -0.25) is 30.2 Å². The van der Waals surface area contributed by atoms with E-state index in [2.05, 4.69) is 15.8 Å². The zero-order valence-corrected chi connectivity index (χ0v) is 12.7. The first-order chi connectivity index (χ1) is 10.4. The molecule has 2 saturated carbocycles. The number of carbonyl (C=O) groups is 3. The maximum absolute atomic E-state index is 12.6. The molecule has 0 aliphatic heterocycles. The number of hydrazine groups is 1. The van der Waals surface area contributed by atoms with Crippen molar-refractivity contribution in [3.8, 4) is 0 Å². The molecule has 2 N–H and O–H groups in total. The summed E-state index contributed by atoms with van der Waals surface area (Å²) in [6, 6.07) is 3.10. The highest BCUT2D eigenvalue weighted by Crippen LogP contribution is 2.60. The van der Waals surface area contributed by atoms with Gasteiger partial charge in [0.25, 0.3) is 11.8 Å². The van der Waals surface area contributed by atoms with Gasteiger partial charge in [-0.15, -0.1) is 0 Å². The van der Waals surface area contributed by atoms with E-state index in [1.165, 1.54) is 12.4 Å². The Morgan fingerprint density at radius 3 is 2.50 bits per heavy atom. The van der Waals surface area contributed by atoms with Gasteiger partial charge >= 0.3 is 0 Å². The molecule has 0 aromatic carbocycles. The molecule has 3 rings (SSSR count). The Bertz CT molecular complexity index is 641. The molecule has 2 bridgehead atoms. The maximum Gasteiger partial charge on any atom is 0.269 e. The molecule has 0 radical (unpaired) electrons. The lowest BCUT2D eigenvalue weighted by Gasteiger charge is -2.32. The van der Waals surface area contributed by atoms with E-state index in [1.807, 2.05) is 13.8 Å². The first kappa shape index (κ1) is 14.7. The van der Waals surface area contributed by atoms with Crippen LogP contribution < -0.4 is 10.9 Å². The summed E-state index contributed by atoms with van der Waals surface area (Å²) in [6.45, 7) is 3.81. The van der Waals surface area contributed by atoms with E-state index >= 15 is 0 Å². The highest BCUT2D eigenvalue weighted by molar-refractivity contribution is 6.11. The molecule has 2 amide bonds. The van der Waals surface area contributed by atoms with Gasteiger partial charge in [-0.2, -0.15) is 0 Å². The van der Waals surface area contributed by atoms with Gasteiger partial charge in [0.2, 0.25) is 0 Å². The van der Waals surface area contributed by atoms with Gasteiger partial charge in [0.1, 0.15) is 5.41 Å². The molecule has 22 heavy (non-hydrogen) atoms. The van der Waals surface area contributed by atoms with Crippen LogP contribution in [0, 0.1) is 16.7 Å². The number of hydrogen-bond donors (Lipinski definition) is 2.